The lowest BCUT2D eigenvalue weighted by Crippen LogP contribution is -2.41. The number of ether oxygens (including phenoxy) is 1. The molecule has 3 rings (SSSR count). The predicted molar refractivity (Wildman–Crippen MR) is 100 cm³/mol. The average molecular weight is 365 g/mol. The quantitative estimate of drug-likeness (QED) is 0.878. The maximum atomic E-state index is 13.0. The third kappa shape index (κ3) is 5.08. The second-order valence-corrected chi connectivity index (χ2v) is 6.19. The molecule has 0 atom stereocenters. The summed E-state index contributed by atoms with van der Waals surface area (Å²) >= 11 is 0. The predicted octanol–water partition coefficient (Wildman–Crippen LogP) is 3.73. The van der Waals surface area contributed by atoms with Gasteiger partial charge in [0.25, 0.3) is 0 Å². The Hall–Kier alpha value is -3.33. The third-order valence-corrected chi connectivity index (χ3v) is 4.36. The normalized spacial score (nSPS) is 13.5. The zero-order valence-electron chi connectivity index (χ0n) is 14.8. The Bertz CT molecular complexity index is 872. The van der Waals surface area contributed by atoms with Crippen LogP contribution in [0.4, 0.5) is 9.18 Å². The molecule has 1 heterocycles. The third-order valence-electron chi connectivity index (χ3n) is 4.36. The molecule has 138 valence electrons. The van der Waals surface area contributed by atoms with Gasteiger partial charge in [0.2, 0.25) is 0 Å². The smallest absolute Gasteiger partial charge is 0.317 e. The monoisotopic (exact) mass is 365 g/mol. The molecule has 0 fully saturated rings. The molecule has 2 aromatic rings. The lowest BCUT2D eigenvalue weighted by molar-refractivity contribution is 0.202. The first-order valence-electron chi connectivity index (χ1n) is 8.72. The van der Waals surface area contributed by atoms with Crippen molar-refractivity contribution >= 4 is 11.6 Å². The van der Waals surface area contributed by atoms with Crippen LogP contribution in [-0.2, 0) is 6.54 Å². The van der Waals surface area contributed by atoms with Crippen LogP contribution in [0.15, 0.2) is 54.6 Å². The van der Waals surface area contributed by atoms with Gasteiger partial charge in [-0.15, -0.1) is 0 Å². The summed E-state index contributed by atoms with van der Waals surface area (Å²) in [5.41, 5.74) is 3.02. The molecule has 0 aromatic heterocycles. The number of hydrogen-bond donors (Lipinski definition) is 1. The molecule has 2 amide bonds. The SMILES string of the molecule is N#CCOc1cccc(CNC(=O)N2CC=C(c3ccc(F)cc3)CC2)c1. The molecule has 27 heavy (non-hydrogen) atoms. The van der Waals surface area contributed by atoms with Gasteiger partial charge in [0.05, 0.1) is 0 Å². The maximum Gasteiger partial charge on any atom is 0.317 e. The van der Waals surface area contributed by atoms with Gasteiger partial charge in [-0.3, -0.25) is 0 Å². The molecule has 1 N–H and O–H groups in total. The van der Waals surface area contributed by atoms with Crippen LogP contribution in [0.1, 0.15) is 17.5 Å². The highest BCUT2D eigenvalue weighted by atomic mass is 19.1. The molecule has 5 nitrogen and oxygen atoms in total. The Morgan fingerprint density at radius 2 is 2.07 bits per heavy atom. The Balaban J connectivity index is 1.52. The first-order chi connectivity index (χ1) is 13.2. The summed E-state index contributed by atoms with van der Waals surface area (Å²) in [6.45, 7) is 1.50. The second-order valence-electron chi connectivity index (χ2n) is 6.19. The largest absolute Gasteiger partial charge is 0.479 e. The maximum absolute atomic E-state index is 13.0. The molecule has 1 aliphatic rings. The number of hydrogen-bond acceptors (Lipinski definition) is 3. The number of nitrogens with one attached hydrogen (secondary N) is 1. The summed E-state index contributed by atoms with van der Waals surface area (Å²) in [7, 11) is 0. The molecular weight excluding hydrogens is 345 g/mol. The van der Waals surface area contributed by atoms with Gasteiger partial charge in [-0.05, 0) is 47.4 Å². The molecule has 1 aliphatic heterocycles. The lowest BCUT2D eigenvalue weighted by atomic mass is 10.00. The fourth-order valence-corrected chi connectivity index (χ4v) is 2.93. The van der Waals surface area contributed by atoms with Gasteiger partial charge in [0.15, 0.2) is 6.61 Å². The van der Waals surface area contributed by atoms with Crippen LogP contribution in [0.5, 0.6) is 5.75 Å². The van der Waals surface area contributed by atoms with Crippen molar-refractivity contribution in [1.29, 1.82) is 5.26 Å². The van der Waals surface area contributed by atoms with Crippen LogP contribution in [-0.4, -0.2) is 30.6 Å². The number of rotatable bonds is 5. The summed E-state index contributed by atoms with van der Waals surface area (Å²) < 4.78 is 18.3. The van der Waals surface area contributed by atoms with Crippen LogP contribution in [0.2, 0.25) is 0 Å². The minimum absolute atomic E-state index is 0.00763. The first-order valence-corrected chi connectivity index (χ1v) is 8.72. The van der Waals surface area contributed by atoms with E-state index in [2.05, 4.69) is 5.32 Å². The summed E-state index contributed by atoms with van der Waals surface area (Å²) in [5, 5.41) is 11.5. The van der Waals surface area contributed by atoms with Gasteiger partial charge in [-0.1, -0.05) is 30.3 Å². The van der Waals surface area contributed by atoms with Gasteiger partial charge in [0, 0.05) is 19.6 Å². The highest BCUT2D eigenvalue weighted by Gasteiger charge is 2.17. The number of nitriles is 1. The Morgan fingerprint density at radius 3 is 2.78 bits per heavy atom. The highest BCUT2D eigenvalue weighted by molar-refractivity contribution is 5.76. The Kier molecular flexibility index (Phi) is 6.06. The van der Waals surface area contributed by atoms with E-state index in [0.717, 1.165) is 23.1 Å². The van der Waals surface area contributed by atoms with E-state index in [4.69, 9.17) is 10.00 Å². The van der Waals surface area contributed by atoms with E-state index in [0.29, 0.717) is 25.4 Å². The molecular formula is C21H20FN3O2. The van der Waals surface area contributed by atoms with Crippen molar-refractivity contribution in [3.8, 4) is 11.8 Å². The van der Waals surface area contributed by atoms with Crippen LogP contribution in [0.3, 0.4) is 0 Å². The van der Waals surface area contributed by atoms with Crippen LogP contribution < -0.4 is 10.1 Å². The lowest BCUT2D eigenvalue weighted by Gasteiger charge is -2.27. The molecule has 0 bridgehead atoms. The minimum atomic E-state index is -0.252. The standard InChI is InChI=1S/C21H20FN3O2/c22-19-6-4-17(5-7-19)18-8-11-25(12-9-18)21(26)24-15-16-2-1-3-20(14-16)27-13-10-23/h1-8,14H,9,11-13,15H2,(H,24,26). The van der Waals surface area contributed by atoms with E-state index >= 15 is 0 Å². The van der Waals surface area contributed by atoms with Crippen molar-refractivity contribution in [1.82, 2.24) is 10.2 Å². The zero-order valence-corrected chi connectivity index (χ0v) is 14.8. The van der Waals surface area contributed by atoms with Crippen molar-refractivity contribution in [3.05, 3.63) is 71.6 Å². The zero-order chi connectivity index (χ0) is 19.1. The molecule has 2 aromatic carbocycles. The van der Waals surface area contributed by atoms with E-state index in [-0.39, 0.29) is 18.5 Å². The van der Waals surface area contributed by atoms with E-state index in [1.807, 2.05) is 24.3 Å². The summed E-state index contributed by atoms with van der Waals surface area (Å²) in [5.74, 6) is 0.353. The molecule has 6 heteroatoms. The molecule has 0 aliphatic carbocycles. The van der Waals surface area contributed by atoms with Crippen molar-refractivity contribution in [2.45, 2.75) is 13.0 Å². The molecule has 0 unspecified atom stereocenters. The Morgan fingerprint density at radius 1 is 1.26 bits per heavy atom. The number of carbonyl (C=O) groups excluding carboxylic acids is 1. The van der Waals surface area contributed by atoms with Crippen molar-refractivity contribution in [2.75, 3.05) is 19.7 Å². The number of amides is 2. The van der Waals surface area contributed by atoms with Gasteiger partial charge < -0.3 is 15.0 Å². The van der Waals surface area contributed by atoms with E-state index in [1.165, 1.54) is 12.1 Å². The van der Waals surface area contributed by atoms with Crippen LogP contribution >= 0.6 is 0 Å². The van der Waals surface area contributed by atoms with Gasteiger partial charge in [-0.2, -0.15) is 5.26 Å². The summed E-state index contributed by atoms with van der Waals surface area (Å²) in [4.78, 5) is 14.1. The van der Waals surface area contributed by atoms with E-state index < -0.39 is 0 Å². The molecule has 0 saturated heterocycles. The van der Waals surface area contributed by atoms with Gasteiger partial charge in [-0.25, -0.2) is 9.18 Å². The number of halogens is 1. The van der Waals surface area contributed by atoms with E-state index in [9.17, 15) is 9.18 Å². The molecule has 0 saturated carbocycles. The highest BCUT2D eigenvalue weighted by Crippen LogP contribution is 2.22. The fourth-order valence-electron chi connectivity index (χ4n) is 2.93. The fraction of sp³-hybridized carbons (Fsp3) is 0.238. The van der Waals surface area contributed by atoms with Crippen LogP contribution in [0, 0.1) is 17.1 Å². The number of urea groups is 1. The number of benzene rings is 2. The molecule has 0 radical (unpaired) electrons. The van der Waals surface area contributed by atoms with Gasteiger partial charge in [0.1, 0.15) is 17.6 Å². The second kappa shape index (κ2) is 8.86. The van der Waals surface area contributed by atoms with Crippen molar-refractivity contribution in [3.63, 3.8) is 0 Å². The average Bonchev–Trinajstić information content (AvgIpc) is 2.71. The molecule has 0 spiro atoms. The summed E-state index contributed by atoms with van der Waals surface area (Å²) in [6, 6.07) is 15.5. The van der Waals surface area contributed by atoms with Crippen LogP contribution in [0.25, 0.3) is 5.57 Å². The minimum Gasteiger partial charge on any atom is -0.479 e. The Labute approximate surface area is 157 Å². The topological polar surface area (TPSA) is 65.4 Å². The number of nitrogens with zero attached hydrogens (tertiary/aromatic N) is 2. The number of carbonyl (C=O) groups is 1. The van der Waals surface area contributed by atoms with E-state index in [1.54, 1.807) is 29.2 Å². The van der Waals surface area contributed by atoms with Crippen molar-refractivity contribution < 1.29 is 13.9 Å². The van der Waals surface area contributed by atoms with Gasteiger partial charge >= 0.3 is 6.03 Å². The summed E-state index contributed by atoms with van der Waals surface area (Å²) in [6.07, 6.45) is 2.74. The first kappa shape index (κ1) is 18.5. The van der Waals surface area contributed by atoms with Crippen molar-refractivity contribution in [2.24, 2.45) is 0 Å².